The summed E-state index contributed by atoms with van der Waals surface area (Å²) in [5.41, 5.74) is 0.417. The Morgan fingerprint density at radius 1 is 1.19 bits per heavy atom. The Kier molecular flexibility index (Phi) is 5.94. The number of allylic oxidation sites excluding steroid dienone is 2. The van der Waals surface area contributed by atoms with E-state index in [1.54, 1.807) is 12.3 Å². The van der Waals surface area contributed by atoms with Crippen LogP contribution in [0.25, 0.3) is 0 Å². The number of carbonyl (C=O) groups is 1. The van der Waals surface area contributed by atoms with Crippen molar-refractivity contribution in [3.63, 3.8) is 0 Å². The van der Waals surface area contributed by atoms with Crippen LogP contribution in [0.3, 0.4) is 0 Å². The van der Waals surface area contributed by atoms with E-state index in [0.717, 1.165) is 37.7 Å². The molecule has 1 fully saturated rings. The summed E-state index contributed by atoms with van der Waals surface area (Å²) in [4.78, 5) is 13.0. The van der Waals surface area contributed by atoms with Gasteiger partial charge in [-0.05, 0) is 43.0 Å². The quantitative estimate of drug-likeness (QED) is 0.537. The first-order valence-corrected chi connectivity index (χ1v) is 9.40. The average molecular weight is 370 g/mol. The van der Waals surface area contributed by atoms with Crippen molar-refractivity contribution >= 4 is 23.3 Å². The lowest BCUT2D eigenvalue weighted by atomic mass is 9.78. The van der Waals surface area contributed by atoms with Crippen LogP contribution in [0.4, 0.5) is 0 Å². The van der Waals surface area contributed by atoms with Gasteiger partial charge in [-0.25, -0.2) is 0 Å². The van der Waals surface area contributed by atoms with Gasteiger partial charge in [-0.1, -0.05) is 60.9 Å². The minimum absolute atomic E-state index is 0.0954. The molecule has 4 nitrogen and oxygen atoms in total. The molecule has 0 radical (unpaired) electrons. The van der Waals surface area contributed by atoms with Crippen LogP contribution >= 0.6 is 11.6 Å². The van der Waals surface area contributed by atoms with Crippen molar-refractivity contribution in [3.05, 3.63) is 71.4 Å². The number of nitrogens with one attached hydrogen (secondary N) is 3. The van der Waals surface area contributed by atoms with Crippen LogP contribution < -0.4 is 10.6 Å². The number of carbonyl (C=O) groups excluding carboxylic acids is 1. The average Bonchev–Trinajstić information content (AvgIpc) is 3.14. The number of halogens is 1. The zero-order chi connectivity index (χ0) is 18.4. The Morgan fingerprint density at radius 3 is 2.58 bits per heavy atom. The van der Waals surface area contributed by atoms with Crippen molar-refractivity contribution in [2.45, 2.75) is 43.6 Å². The summed E-state index contributed by atoms with van der Waals surface area (Å²) in [5, 5.41) is 14.7. The molecule has 2 aliphatic rings. The van der Waals surface area contributed by atoms with Gasteiger partial charge < -0.3 is 10.6 Å². The van der Waals surface area contributed by atoms with Gasteiger partial charge in [0.25, 0.3) is 0 Å². The monoisotopic (exact) mass is 369 g/mol. The molecule has 0 heterocycles. The number of hydrogen-bond donors (Lipinski definition) is 3. The second-order valence-electron chi connectivity index (χ2n) is 6.82. The fourth-order valence-corrected chi connectivity index (χ4v) is 3.76. The smallest absolute Gasteiger partial charge is 0.236 e. The van der Waals surface area contributed by atoms with Crippen LogP contribution in [0.15, 0.2) is 60.8 Å². The van der Waals surface area contributed by atoms with Crippen molar-refractivity contribution in [3.8, 4) is 0 Å². The molecule has 26 heavy (non-hydrogen) atoms. The molecule has 5 heteroatoms. The molecule has 1 atom stereocenters. The van der Waals surface area contributed by atoms with Crippen LogP contribution in [0.1, 0.15) is 37.7 Å². The maximum absolute atomic E-state index is 13.0. The standard InChI is InChI=1S/C21H24ClN3O/c22-17-10-8-16(9-11-17)21(13-4-5-14-21)20(26)25-19(23)12-15-24-18-6-2-1-3-7-18/h1-3,6,8-12,15,18,24H,4-5,7,13-14H2,(H2,23,25,26)/b15-12-. The van der Waals surface area contributed by atoms with Gasteiger partial charge in [0.1, 0.15) is 5.84 Å². The molecule has 2 aliphatic carbocycles. The third-order valence-electron chi connectivity index (χ3n) is 5.08. The molecule has 0 spiro atoms. The number of benzene rings is 1. The highest BCUT2D eigenvalue weighted by Crippen LogP contribution is 2.41. The van der Waals surface area contributed by atoms with E-state index in [1.807, 2.05) is 36.4 Å². The van der Waals surface area contributed by atoms with E-state index < -0.39 is 5.41 Å². The SMILES string of the molecule is N=C(/C=C\NC1C=CC=CC1)NC(=O)C1(c2ccc(Cl)cc2)CCCC1. The summed E-state index contributed by atoms with van der Waals surface area (Å²) in [5.74, 6) is -0.00876. The van der Waals surface area contributed by atoms with E-state index in [0.29, 0.717) is 5.02 Å². The Hall–Kier alpha value is -2.33. The summed E-state index contributed by atoms with van der Waals surface area (Å²) in [6, 6.07) is 7.74. The lowest BCUT2D eigenvalue weighted by Gasteiger charge is -2.28. The van der Waals surface area contributed by atoms with E-state index in [2.05, 4.69) is 22.8 Å². The molecule has 0 aromatic heterocycles. The summed E-state index contributed by atoms with van der Waals surface area (Å²) >= 11 is 5.99. The van der Waals surface area contributed by atoms with Gasteiger partial charge >= 0.3 is 0 Å². The minimum Gasteiger partial charge on any atom is -0.384 e. The van der Waals surface area contributed by atoms with Crippen molar-refractivity contribution in [2.75, 3.05) is 0 Å². The van der Waals surface area contributed by atoms with Crippen LogP contribution in [-0.4, -0.2) is 17.8 Å². The largest absolute Gasteiger partial charge is 0.384 e. The first-order valence-electron chi connectivity index (χ1n) is 9.02. The van der Waals surface area contributed by atoms with Crippen molar-refractivity contribution in [2.24, 2.45) is 0 Å². The molecule has 1 aromatic rings. The molecular weight excluding hydrogens is 346 g/mol. The Balaban J connectivity index is 1.62. The van der Waals surface area contributed by atoms with Gasteiger partial charge in [0.2, 0.25) is 5.91 Å². The lowest BCUT2D eigenvalue weighted by Crippen LogP contribution is -2.44. The second-order valence-corrected chi connectivity index (χ2v) is 7.26. The first kappa shape index (κ1) is 18.5. The normalized spacial score (nSPS) is 21.0. The zero-order valence-electron chi connectivity index (χ0n) is 14.7. The van der Waals surface area contributed by atoms with Crippen LogP contribution in [0.2, 0.25) is 5.02 Å². The fourth-order valence-electron chi connectivity index (χ4n) is 3.64. The molecule has 1 amide bonds. The summed E-state index contributed by atoms with van der Waals surface area (Å²) in [6.45, 7) is 0. The highest BCUT2D eigenvalue weighted by atomic mass is 35.5. The molecule has 3 rings (SSSR count). The lowest BCUT2D eigenvalue weighted by molar-refractivity contribution is -0.125. The minimum atomic E-state index is -0.560. The number of hydrogen-bond acceptors (Lipinski definition) is 3. The Labute approximate surface area is 159 Å². The third-order valence-corrected chi connectivity index (χ3v) is 5.33. The zero-order valence-corrected chi connectivity index (χ0v) is 15.4. The van der Waals surface area contributed by atoms with Crippen molar-refractivity contribution in [1.82, 2.24) is 10.6 Å². The maximum atomic E-state index is 13.0. The van der Waals surface area contributed by atoms with Crippen LogP contribution in [0.5, 0.6) is 0 Å². The topological polar surface area (TPSA) is 65.0 Å². The number of rotatable bonds is 5. The highest BCUT2D eigenvalue weighted by molar-refractivity contribution is 6.30. The van der Waals surface area contributed by atoms with E-state index in [1.165, 1.54) is 0 Å². The highest BCUT2D eigenvalue weighted by Gasteiger charge is 2.42. The van der Waals surface area contributed by atoms with Gasteiger partial charge in [0, 0.05) is 17.3 Å². The van der Waals surface area contributed by atoms with E-state index in [4.69, 9.17) is 17.0 Å². The molecule has 0 bridgehead atoms. The second kappa shape index (κ2) is 8.37. The summed E-state index contributed by atoms with van der Waals surface area (Å²) < 4.78 is 0. The summed E-state index contributed by atoms with van der Waals surface area (Å²) in [6.07, 6.45) is 16.0. The predicted molar refractivity (Wildman–Crippen MR) is 106 cm³/mol. The molecule has 1 saturated carbocycles. The van der Waals surface area contributed by atoms with Crippen molar-refractivity contribution < 1.29 is 4.79 Å². The molecule has 0 aliphatic heterocycles. The fraction of sp³-hybridized carbons (Fsp3) is 0.333. The van der Waals surface area contributed by atoms with Crippen LogP contribution in [-0.2, 0) is 10.2 Å². The van der Waals surface area contributed by atoms with Gasteiger partial charge in [0.05, 0.1) is 5.41 Å². The Morgan fingerprint density at radius 2 is 1.92 bits per heavy atom. The predicted octanol–water partition coefficient (Wildman–Crippen LogP) is 4.23. The molecule has 0 saturated heterocycles. The van der Waals surface area contributed by atoms with E-state index in [-0.39, 0.29) is 17.8 Å². The summed E-state index contributed by atoms with van der Waals surface area (Å²) in [7, 11) is 0. The van der Waals surface area contributed by atoms with Gasteiger partial charge in [-0.3, -0.25) is 10.2 Å². The van der Waals surface area contributed by atoms with Crippen molar-refractivity contribution in [1.29, 1.82) is 5.41 Å². The van der Waals surface area contributed by atoms with E-state index >= 15 is 0 Å². The van der Waals surface area contributed by atoms with Gasteiger partial charge in [-0.2, -0.15) is 0 Å². The third kappa shape index (κ3) is 4.25. The molecular formula is C21H24ClN3O. The first-order chi connectivity index (χ1) is 12.6. The van der Waals surface area contributed by atoms with E-state index in [9.17, 15) is 4.79 Å². The maximum Gasteiger partial charge on any atom is 0.236 e. The molecule has 1 aromatic carbocycles. The Bertz CT molecular complexity index is 743. The van der Waals surface area contributed by atoms with Crippen LogP contribution in [0, 0.1) is 5.41 Å². The number of amides is 1. The molecule has 1 unspecified atom stereocenters. The molecule has 3 N–H and O–H groups in total. The molecule has 136 valence electrons. The van der Waals surface area contributed by atoms with Gasteiger partial charge in [-0.15, -0.1) is 0 Å². The number of amidine groups is 1. The van der Waals surface area contributed by atoms with Gasteiger partial charge in [0.15, 0.2) is 0 Å².